The van der Waals surface area contributed by atoms with Crippen molar-refractivity contribution in [3.63, 3.8) is 0 Å². The van der Waals surface area contributed by atoms with Crippen molar-refractivity contribution in [3.8, 4) is 0 Å². The first-order chi connectivity index (χ1) is 11.0. The van der Waals surface area contributed by atoms with E-state index in [1.54, 1.807) is 0 Å². The van der Waals surface area contributed by atoms with E-state index in [-0.39, 0.29) is 18.0 Å². The Balaban J connectivity index is 1.90. The number of hydrogen-bond donors (Lipinski definition) is 2. The van der Waals surface area contributed by atoms with E-state index in [0.29, 0.717) is 18.9 Å². The normalized spacial score (nSPS) is 22.3. The molecular formula is C19H31N3O. The van der Waals surface area contributed by atoms with Crippen molar-refractivity contribution in [2.75, 3.05) is 20.6 Å². The van der Waals surface area contributed by atoms with Crippen LogP contribution in [0.4, 0.5) is 0 Å². The molecule has 1 aromatic rings. The van der Waals surface area contributed by atoms with E-state index >= 15 is 0 Å². The zero-order valence-corrected chi connectivity index (χ0v) is 14.7. The number of benzene rings is 1. The van der Waals surface area contributed by atoms with E-state index < -0.39 is 0 Å². The second-order valence-corrected chi connectivity index (χ2v) is 6.94. The van der Waals surface area contributed by atoms with Gasteiger partial charge in [0.2, 0.25) is 5.91 Å². The summed E-state index contributed by atoms with van der Waals surface area (Å²) >= 11 is 0. The molecule has 23 heavy (non-hydrogen) atoms. The molecule has 4 heteroatoms. The van der Waals surface area contributed by atoms with Crippen LogP contribution < -0.4 is 11.1 Å². The molecule has 1 aromatic carbocycles. The number of amides is 1. The number of nitrogens with one attached hydrogen (secondary N) is 1. The summed E-state index contributed by atoms with van der Waals surface area (Å²) in [5.74, 6) is 0.487. The van der Waals surface area contributed by atoms with Crippen molar-refractivity contribution in [1.82, 2.24) is 10.2 Å². The van der Waals surface area contributed by atoms with E-state index in [1.807, 2.05) is 0 Å². The number of hydrogen-bond acceptors (Lipinski definition) is 3. The molecule has 0 aliphatic heterocycles. The maximum atomic E-state index is 12.2. The van der Waals surface area contributed by atoms with Gasteiger partial charge in [0, 0.05) is 19.0 Å². The molecule has 0 aromatic heterocycles. The number of carbonyl (C=O) groups is 1. The van der Waals surface area contributed by atoms with Gasteiger partial charge in [-0.05, 0) is 50.4 Å². The molecule has 1 aliphatic rings. The summed E-state index contributed by atoms with van der Waals surface area (Å²) in [7, 11) is 4.11. The molecule has 0 heterocycles. The first kappa shape index (κ1) is 18.0. The zero-order valence-electron chi connectivity index (χ0n) is 14.7. The number of aryl methyl sites for hydroxylation is 1. The Kier molecular flexibility index (Phi) is 6.60. The number of rotatable bonds is 7. The van der Waals surface area contributed by atoms with Crippen LogP contribution in [0.25, 0.3) is 0 Å². The van der Waals surface area contributed by atoms with Gasteiger partial charge in [0.25, 0.3) is 0 Å². The molecule has 3 atom stereocenters. The summed E-state index contributed by atoms with van der Waals surface area (Å²) in [6.07, 6.45) is 4.91. The molecule has 128 valence electrons. The van der Waals surface area contributed by atoms with Crippen molar-refractivity contribution in [2.45, 2.75) is 51.1 Å². The second-order valence-electron chi connectivity index (χ2n) is 6.94. The second kappa shape index (κ2) is 8.46. The third-order valence-electron chi connectivity index (χ3n) is 5.05. The molecule has 3 N–H and O–H groups in total. The standard InChI is InChI=1S/C19H31N3O/c1-4-14-8-10-15(11-9-14)18(22(2)3)13-21-19(23)12-16-6-5-7-17(16)20/h8-11,16-18H,4-7,12-13,20H2,1-3H3,(H,21,23)/t16-,17+,18?/m0/s1. The zero-order chi connectivity index (χ0) is 16.8. The molecular weight excluding hydrogens is 286 g/mol. The molecule has 1 unspecified atom stereocenters. The van der Waals surface area contributed by atoms with Gasteiger partial charge >= 0.3 is 0 Å². The van der Waals surface area contributed by atoms with E-state index in [2.05, 4.69) is 55.5 Å². The number of likely N-dealkylation sites (N-methyl/N-ethyl adjacent to an activating group) is 1. The molecule has 2 rings (SSSR count). The minimum Gasteiger partial charge on any atom is -0.354 e. The van der Waals surface area contributed by atoms with Crippen molar-refractivity contribution in [3.05, 3.63) is 35.4 Å². The molecule has 0 saturated heterocycles. The maximum absolute atomic E-state index is 12.2. The highest BCUT2D eigenvalue weighted by atomic mass is 16.1. The fourth-order valence-corrected chi connectivity index (χ4v) is 3.41. The van der Waals surface area contributed by atoms with E-state index in [0.717, 1.165) is 25.7 Å². The molecule has 0 spiro atoms. The van der Waals surface area contributed by atoms with Gasteiger partial charge in [-0.25, -0.2) is 0 Å². The average molecular weight is 317 g/mol. The highest BCUT2D eigenvalue weighted by molar-refractivity contribution is 5.76. The Morgan fingerprint density at radius 3 is 2.52 bits per heavy atom. The molecule has 1 aliphatic carbocycles. The summed E-state index contributed by atoms with van der Waals surface area (Å²) in [5, 5.41) is 3.10. The Morgan fingerprint density at radius 1 is 1.30 bits per heavy atom. The molecule has 1 fully saturated rings. The van der Waals surface area contributed by atoms with Gasteiger partial charge in [-0.2, -0.15) is 0 Å². The number of carbonyl (C=O) groups excluding carboxylic acids is 1. The lowest BCUT2D eigenvalue weighted by molar-refractivity contribution is -0.122. The summed E-state index contributed by atoms with van der Waals surface area (Å²) in [6, 6.07) is 9.08. The first-order valence-electron chi connectivity index (χ1n) is 8.78. The Bertz CT molecular complexity index is 498. The Hall–Kier alpha value is -1.39. The van der Waals surface area contributed by atoms with Crippen LogP contribution in [0.3, 0.4) is 0 Å². The van der Waals surface area contributed by atoms with Crippen LogP contribution >= 0.6 is 0 Å². The molecule has 4 nitrogen and oxygen atoms in total. The third kappa shape index (κ3) is 5.05. The van der Waals surface area contributed by atoms with Gasteiger partial charge < -0.3 is 16.0 Å². The van der Waals surface area contributed by atoms with Gasteiger partial charge in [-0.3, -0.25) is 4.79 Å². The fourth-order valence-electron chi connectivity index (χ4n) is 3.41. The minimum atomic E-state index is 0.129. The van der Waals surface area contributed by atoms with Crippen LogP contribution in [-0.2, 0) is 11.2 Å². The van der Waals surface area contributed by atoms with E-state index in [9.17, 15) is 4.79 Å². The third-order valence-corrected chi connectivity index (χ3v) is 5.05. The summed E-state index contributed by atoms with van der Waals surface area (Å²) < 4.78 is 0. The van der Waals surface area contributed by atoms with Crippen molar-refractivity contribution in [1.29, 1.82) is 0 Å². The molecule has 1 amide bonds. The van der Waals surface area contributed by atoms with Crippen LogP contribution in [0.2, 0.25) is 0 Å². The highest BCUT2D eigenvalue weighted by Gasteiger charge is 2.26. The van der Waals surface area contributed by atoms with Crippen LogP contribution in [-0.4, -0.2) is 37.5 Å². The van der Waals surface area contributed by atoms with Crippen LogP contribution in [0.5, 0.6) is 0 Å². The molecule has 0 bridgehead atoms. The van der Waals surface area contributed by atoms with Gasteiger partial charge in [-0.15, -0.1) is 0 Å². The van der Waals surface area contributed by atoms with Crippen LogP contribution in [0.15, 0.2) is 24.3 Å². The fraction of sp³-hybridized carbons (Fsp3) is 0.632. The van der Waals surface area contributed by atoms with Gasteiger partial charge in [-0.1, -0.05) is 37.6 Å². The summed E-state index contributed by atoms with van der Waals surface area (Å²) in [4.78, 5) is 14.4. The topological polar surface area (TPSA) is 58.4 Å². The maximum Gasteiger partial charge on any atom is 0.220 e. The summed E-state index contributed by atoms with van der Waals surface area (Å²) in [6.45, 7) is 2.80. The molecule has 1 saturated carbocycles. The van der Waals surface area contributed by atoms with Gasteiger partial charge in [0.15, 0.2) is 0 Å². The molecule has 0 radical (unpaired) electrons. The smallest absolute Gasteiger partial charge is 0.220 e. The minimum absolute atomic E-state index is 0.129. The lowest BCUT2D eigenvalue weighted by atomic mass is 9.99. The predicted molar refractivity (Wildman–Crippen MR) is 95.2 cm³/mol. The summed E-state index contributed by atoms with van der Waals surface area (Å²) in [5.41, 5.74) is 8.64. The quantitative estimate of drug-likeness (QED) is 0.812. The van der Waals surface area contributed by atoms with Crippen molar-refractivity contribution < 1.29 is 4.79 Å². The Morgan fingerprint density at radius 2 is 2.00 bits per heavy atom. The van der Waals surface area contributed by atoms with Crippen LogP contribution in [0, 0.1) is 5.92 Å². The van der Waals surface area contributed by atoms with Crippen molar-refractivity contribution >= 4 is 5.91 Å². The lowest BCUT2D eigenvalue weighted by Gasteiger charge is -2.26. The Labute approximate surface area is 140 Å². The van der Waals surface area contributed by atoms with Crippen molar-refractivity contribution in [2.24, 2.45) is 11.7 Å². The largest absolute Gasteiger partial charge is 0.354 e. The average Bonchev–Trinajstić information content (AvgIpc) is 2.93. The number of nitrogens with zero attached hydrogens (tertiary/aromatic N) is 1. The monoisotopic (exact) mass is 317 g/mol. The van der Waals surface area contributed by atoms with E-state index in [4.69, 9.17) is 5.73 Å². The lowest BCUT2D eigenvalue weighted by Crippen LogP contribution is -2.36. The highest BCUT2D eigenvalue weighted by Crippen LogP contribution is 2.26. The number of nitrogens with two attached hydrogens (primary N) is 1. The van der Waals surface area contributed by atoms with Gasteiger partial charge in [0.05, 0.1) is 6.04 Å². The first-order valence-corrected chi connectivity index (χ1v) is 8.78. The van der Waals surface area contributed by atoms with Crippen LogP contribution in [0.1, 0.15) is 49.8 Å². The van der Waals surface area contributed by atoms with Gasteiger partial charge in [0.1, 0.15) is 0 Å². The SMILES string of the molecule is CCc1ccc(C(CNC(=O)C[C@@H]2CCC[C@H]2N)N(C)C)cc1. The van der Waals surface area contributed by atoms with E-state index in [1.165, 1.54) is 11.1 Å². The predicted octanol–water partition coefficient (Wildman–Crippen LogP) is 2.49.